The highest BCUT2D eigenvalue weighted by Gasteiger charge is 2.00. The summed E-state index contributed by atoms with van der Waals surface area (Å²) >= 11 is 0. The third kappa shape index (κ3) is 3.57. The largest absolute Gasteiger partial charge is 0.409 e. The molecule has 15 heavy (non-hydrogen) atoms. The van der Waals surface area contributed by atoms with Gasteiger partial charge in [0.1, 0.15) is 0 Å². The van der Waals surface area contributed by atoms with E-state index < -0.39 is 0 Å². The van der Waals surface area contributed by atoms with E-state index in [1.54, 1.807) is 6.07 Å². The van der Waals surface area contributed by atoms with E-state index in [9.17, 15) is 0 Å². The van der Waals surface area contributed by atoms with E-state index >= 15 is 0 Å². The van der Waals surface area contributed by atoms with Crippen LogP contribution < -0.4 is 11.2 Å². The van der Waals surface area contributed by atoms with Crippen molar-refractivity contribution >= 4 is 5.84 Å². The summed E-state index contributed by atoms with van der Waals surface area (Å²) in [7, 11) is 3.85. The minimum atomic E-state index is 0.127. The van der Waals surface area contributed by atoms with Crippen LogP contribution in [0.2, 0.25) is 0 Å². The molecule has 0 radical (unpaired) electrons. The topological polar surface area (TPSA) is 73.9 Å². The highest BCUT2D eigenvalue weighted by molar-refractivity contribution is 5.97. The number of nitrogens with zero attached hydrogens (tertiary/aromatic N) is 2. The lowest BCUT2D eigenvalue weighted by molar-refractivity contribution is 0.286. The highest BCUT2D eigenvalue weighted by atomic mass is 16.4. The number of nitrogens with two attached hydrogens (primary N) is 1. The molecule has 0 atom stereocenters. The van der Waals surface area contributed by atoms with Crippen molar-refractivity contribution < 1.29 is 5.21 Å². The molecule has 5 nitrogen and oxygen atoms in total. The van der Waals surface area contributed by atoms with Crippen molar-refractivity contribution in [3.63, 3.8) is 0 Å². The minimum absolute atomic E-state index is 0.127. The van der Waals surface area contributed by atoms with E-state index in [0.29, 0.717) is 6.54 Å². The molecule has 0 aliphatic heterocycles. The van der Waals surface area contributed by atoms with Crippen LogP contribution in [0.4, 0.5) is 0 Å². The Bertz CT molecular complexity index is 349. The van der Waals surface area contributed by atoms with Gasteiger partial charge in [-0.3, -0.25) is 10.4 Å². The molecule has 82 valence electrons. The molecule has 4 N–H and O–H groups in total. The molecule has 0 unspecified atom stereocenters. The predicted octanol–water partition coefficient (Wildman–Crippen LogP) is 0.347. The summed E-state index contributed by atoms with van der Waals surface area (Å²) in [5.41, 5.74) is 10.4. The number of oxime groups is 1. The van der Waals surface area contributed by atoms with Gasteiger partial charge in [-0.25, -0.2) is 0 Å². The van der Waals surface area contributed by atoms with Gasteiger partial charge in [0.05, 0.1) is 0 Å². The molecule has 0 aliphatic carbocycles. The molecule has 1 aromatic rings. The molecule has 0 saturated carbocycles. The highest BCUT2D eigenvalue weighted by Crippen LogP contribution is 2.04. The van der Waals surface area contributed by atoms with Crippen molar-refractivity contribution in [3.8, 4) is 0 Å². The van der Waals surface area contributed by atoms with Crippen LogP contribution in [0.5, 0.6) is 0 Å². The molecule has 0 fully saturated rings. The third-order valence-corrected chi connectivity index (χ3v) is 1.93. The van der Waals surface area contributed by atoms with Crippen LogP contribution in [-0.4, -0.2) is 30.1 Å². The molecular formula is C10H16N4O. The van der Waals surface area contributed by atoms with Gasteiger partial charge >= 0.3 is 0 Å². The summed E-state index contributed by atoms with van der Waals surface area (Å²) in [4.78, 5) is 0. The van der Waals surface area contributed by atoms with Crippen molar-refractivity contribution in [3.05, 3.63) is 35.4 Å². The van der Waals surface area contributed by atoms with Crippen molar-refractivity contribution in [2.75, 3.05) is 14.1 Å². The fourth-order valence-corrected chi connectivity index (χ4v) is 1.15. The molecule has 0 heterocycles. The molecule has 0 spiro atoms. The van der Waals surface area contributed by atoms with Gasteiger partial charge in [0, 0.05) is 26.2 Å². The van der Waals surface area contributed by atoms with Gasteiger partial charge in [0.25, 0.3) is 0 Å². The maximum Gasteiger partial charge on any atom is 0.170 e. The van der Waals surface area contributed by atoms with E-state index in [1.165, 1.54) is 0 Å². The van der Waals surface area contributed by atoms with Gasteiger partial charge in [-0.2, -0.15) is 0 Å². The van der Waals surface area contributed by atoms with Crippen LogP contribution in [-0.2, 0) is 6.54 Å². The van der Waals surface area contributed by atoms with E-state index in [0.717, 1.165) is 11.1 Å². The Morgan fingerprint density at radius 2 is 2.27 bits per heavy atom. The van der Waals surface area contributed by atoms with Crippen LogP contribution in [0, 0.1) is 0 Å². The third-order valence-electron chi connectivity index (χ3n) is 1.93. The predicted molar refractivity (Wildman–Crippen MR) is 59.5 cm³/mol. The van der Waals surface area contributed by atoms with Gasteiger partial charge in [0.2, 0.25) is 0 Å². The van der Waals surface area contributed by atoms with Crippen LogP contribution >= 0.6 is 0 Å². The number of hydrazine groups is 1. The first-order chi connectivity index (χ1) is 7.13. The smallest absolute Gasteiger partial charge is 0.170 e. The lowest BCUT2D eigenvalue weighted by Crippen LogP contribution is -2.29. The summed E-state index contributed by atoms with van der Waals surface area (Å²) in [5.74, 6) is 0.127. The Morgan fingerprint density at radius 1 is 1.53 bits per heavy atom. The number of hydrogen-bond donors (Lipinski definition) is 3. The maximum absolute atomic E-state index is 8.54. The average Bonchev–Trinajstić information content (AvgIpc) is 2.25. The van der Waals surface area contributed by atoms with Gasteiger partial charge in [0.15, 0.2) is 5.84 Å². The molecule has 0 amide bonds. The average molecular weight is 208 g/mol. The van der Waals surface area contributed by atoms with Crippen molar-refractivity contribution in [1.29, 1.82) is 0 Å². The van der Waals surface area contributed by atoms with E-state index in [4.69, 9.17) is 10.9 Å². The van der Waals surface area contributed by atoms with Gasteiger partial charge in [-0.1, -0.05) is 23.4 Å². The Hall–Kier alpha value is -1.59. The molecule has 0 aliphatic rings. The first-order valence-corrected chi connectivity index (χ1v) is 4.61. The summed E-state index contributed by atoms with van der Waals surface area (Å²) in [5, 5.41) is 13.4. The second-order valence-corrected chi connectivity index (χ2v) is 3.41. The van der Waals surface area contributed by atoms with Crippen molar-refractivity contribution in [2.45, 2.75) is 6.54 Å². The number of nitrogens with one attached hydrogen (secondary N) is 1. The SMILES string of the molecule is CN(C)NCc1cccc(/C(N)=N/O)c1. The second-order valence-electron chi connectivity index (χ2n) is 3.41. The molecule has 5 heteroatoms. The number of hydrogen-bond acceptors (Lipinski definition) is 4. The number of amidine groups is 1. The summed E-state index contributed by atoms with van der Waals surface area (Å²) in [6.45, 7) is 0.708. The number of benzene rings is 1. The fourth-order valence-electron chi connectivity index (χ4n) is 1.15. The van der Waals surface area contributed by atoms with E-state index in [-0.39, 0.29) is 5.84 Å². The minimum Gasteiger partial charge on any atom is -0.409 e. The van der Waals surface area contributed by atoms with Crippen LogP contribution in [0.25, 0.3) is 0 Å². The lowest BCUT2D eigenvalue weighted by atomic mass is 10.1. The van der Waals surface area contributed by atoms with Crippen molar-refractivity contribution in [1.82, 2.24) is 10.4 Å². The Kier molecular flexibility index (Phi) is 4.08. The van der Waals surface area contributed by atoms with Crippen LogP contribution in [0.3, 0.4) is 0 Å². The monoisotopic (exact) mass is 208 g/mol. The summed E-state index contributed by atoms with van der Waals surface area (Å²) < 4.78 is 0. The van der Waals surface area contributed by atoms with Gasteiger partial charge in [-0.05, 0) is 11.6 Å². The second kappa shape index (κ2) is 5.33. The Balaban J connectivity index is 2.74. The van der Waals surface area contributed by atoms with Gasteiger partial charge in [-0.15, -0.1) is 0 Å². The molecule has 0 bridgehead atoms. The van der Waals surface area contributed by atoms with E-state index in [2.05, 4.69) is 10.6 Å². The first kappa shape index (κ1) is 11.5. The zero-order valence-corrected chi connectivity index (χ0v) is 8.94. The molecule has 1 rings (SSSR count). The standard InChI is InChI=1S/C10H16N4O/c1-14(2)12-7-8-4-3-5-9(6-8)10(11)13-15/h3-6,12,15H,7H2,1-2H3,(H2,11,13). The first-order valence-electron chi connectivity index (χ1n) is 4.61. The zero-order valence-electron chi connectivity index (χ0n) is 8.94. The van der Waals surface area contributed by atoms with E-state index in [1.807, 2.05) is 37.3 Å². The maximum atomic E-state index is 8.54. The molecule has 0 saturated heterocycles. The zero-order chi connectivity index (χ0) is 11.3. The Labute approximate surface area is 89.2 Å². The number of rotatable bonds is 4. The lowest BCUT2D eigenvalue weighted by Gasteiger charge is -2.12. The normalized spacial score (nSPS) is 12.1. The fraction of sp³-hybridized carbons (Fsp3) is 0.300. The van der Waals surface area contributed by atoms with Crippen molar-refractivity contribution in [2.24, 2.45) is 10.9 Å². The molecular weight excluding hydrogens is 192 g/mol. The molecule has 0 aromatic heterocycles. The quantitative estimate of drug-likeness (QED) is 0.289. The molecule has 1 aromatic carbocycles. The summed E-state index contributed by atoms with van der Waals surface area (Å²) in [6, 6.07) is 7.53. The summed E-state index contributed by atoms with van der Waals surface area (Å²) in [6.07, 6.45) is 0. The van der Waals surface area contributed by atoms with Crippen LogP contribution in [0.1, 0.15) is 11.1 Å². The Morgan fingerprint density at radius 3 is 2.87 bits per heavy atom. The van der Waals surface area contributed by atoms with Crippen LogP contribution in [0.15, 0.2) is 29.4 Å². The van der Waals surface area contributed by atoms with Gasteiger partial charge < -0.3 is 10.9 Å².